The number of hydrogen-bond acceptors (Lipinski definition) is 6. The molecule has 0 unspecified atom stereocenters. The van der Waals surface area contributed by atoms with Gasteiger partial charge >= 0.3 is 0 Å². The topological polar surface area (TPSA) is 89.9 Å². The normalized spacial score (nSPS) is 10.8. The van der Waals surface area contributed by atoms with Gasteiger partial charge in [-0.25, -0.2) is 9.97 Å². The number of rotatable bonds is 3. The maximum absolute atomic E-state index is 5.74. The number of fused-ring (bicyclic) bond motifs is 1. The van der Waals surface area contributed by atoms with E-state index in [0.29, 0.717) is 12.2 Å². The van der Waals surface area contributed by atoms with Gasteiger partial charge in [0.2, 0.25) is 0 Å². The minimum Gasteiger partial charge on any atom is -0.399 e. The molecule has 0 saturated heterocycles. The van der Waals surface area contributed by atoms with Gasteiger partial charge in [-0.05, 0) is 25.1 Å². The van der Waals surface area contributed by atoms with Gasteiger partial charge in [-0.3, -0.25) is 0 Å². The first kappa shape index (κ1) is 11.5. The zero-order valence-corrected chi connectivity index (χ0v) is 10.4. The van der Waals surface area contributed by atoms with Crippen LogP contribution in [-0.2, 0) is 6.54 Å². The quantitative estimate of drug-likeness (QED) is 0.697. The van der Waals surface area contributed by atoms with Crippen molar-refractivity contribution < 1.29 is 4.52 Å². The third-order valence-electron chi connectivity index (χ3n) is 2.77. The second-order valence-corrected chi connectivity index (χ2v) is 4.29. The van der Waals surface area contributed by atoms with Gasteiger partial charge in [-0.1, -0.05) is 5.16 Å². The summed E-state index contributed by atoms with van der Waals surface area (Å²) in [6.45, 7) is 2.41. The lowest BCUT2D eigenvalue weighted by Crippen LogP contribution is -2.02. The summed E-state index contributed by atoms with van der Waals surface area (Å²) in [6.07, 6.45) is 1.51. The average molecular weight is 255 g/mol. The molecule has 96 valence electrons. The van der Waals surface area contributed by atoms with Crippen molar-refractivity contribution in [2.45, 2.75) is 13.5 Å². The molecule has 19 heavy (non-hydrogen) atoms. The molecule has 0 aliphatic carbocycles. The minimum absolute atomic E-state index is 0.525. The van der Waals surface area contributed by atoms with Gasteiger partial charge in [-0.15, -0.1) is 0 Å². The van der Waals surface area contributed by atoms with E-state index in [0.717, 1.165) is 28.2 Å². The fourth-order valence-electron chi connectivity index (χ4n) is 1.89. The number of nitrogens with one attached hydrogen (secondary N) is 1. The van der Waals surface area contributed by atoms with Gasteiger partial charge in [0, 0.05) is 17.1 Å². The maximum atomic E-state index is 5.74. The Balaban J connectivity index is 1.88. The molecule has 3 N–H and O–H groups in total. The molecule has 3 aromatic rings. The number of benzene rings is 1. The predicted molar refractivity (Wildman–Crippen MR) is 72.5 cm³/mol. The molecule has 3 rings (SSSR count). The lowest BCUT2D eigenvalue weighted by molar-refractivity contribution is 0.384. The van der Waals surface area contributed by atoms with Crippen molar-refractivity contribution in [1.82, 2.24) is 15.1 Å². The fraction of sp³-hybridized carbons (Fsp3) is 0.154. The first-order chi connectivity index (χ1) is 9.22. The first-order valence-corrected chi connectivity index (χ1v) is 5.89. The van der Waals surface area contributed by atoms with Crippen LogP contribution in [0.2, 0.25) is 0 Å². The molecular weight excluding hydrogens is 242 g/mol. The molecule has 0 aliphatic heterocycles. The summed E-state index contributed by atoms with van der Waals surface area (Å²) in [5.74, 6) is 1.51. The van der Waals surface area contributed by atoms with Crippen molar-refractivity contribution in [3.63, 3.8) is 0 Å². The molecule has 2 heterocycles. The van der Waals surface area contributed by atoms with Gasteiger partial charge in [0.05, 0.1) is 17.8 Å². The van der Waals surface area contributed by atoms with Gasteiger partial charge in [0.15, 0.2) is 5.76 Å². The highest BCUT2D eigenvalue weighted by Crippen LogP contribution is 2.21. The summed E-state index contributed by atoms with van der Waals surface area (Å²) in [5, 5.41) is 7.97. The average Bonchev–Trinajstić information content (AvgIpc) is 2.81. The van der Waals surface area contributed by atoms with Crippen LogP contribution < -0.4 is 11.1 Å². The zero-order valence-electron chi connectivity index (χ0n) is 10.4. The second kappa shape index (κ2) is 4.56. The molecule has 6 nitrogen and oxygen atoms in total. The Morgan fingerprint density at radius 2 is 2.16 bits per heavy atom. The lowest BCUT2D eigenvalue weighted by Gasteiger charge is -2.06. The van der Waals surface area contributed by atoms with Crippen LogP contribution in [0.25, 0.3) is 10.9 Å². The standard InChI is InChI=1S/C13H13N5O/c1-8-4-10(19-18-8)6-15-13-11-3-2-9(14)5-12(11)16-7-17-13/h2-5,7H,6,14H2,1H3,(H,15,16,17). The van der Waals surface area contributed by atoms with Crippen LogP contribution >= 0.6 is 0 Å². The third-order valence-corrected chi connectivity index (χ3v) is 2.77. The van der Waals surface area contributed by atoms with E-state index in [2.05, 4.69) is 20.4 Å². The number of nitrogen functional groups attached to an aromatic ring is 1. The van der Waals surface area contributed by atoms with E-state index >= 15 is 0 Å². The van der Waals surface area contributed by atoms with Gasteiger partial charge in [0.1, 0.15) is 12.1 Å². The fourth-order valence-corrected chi connectivity index (χ4v) is 1.89. The lowest BCUT2D eigenvalue weighted by atomic mass is 10.2. The summed E-state index contributed by atoms with van der Waals surface area (Å²) in [7, 11) is 0. The maximum Gasteiger partial charge on any atom is 0.156 e. The number of nitrogens with zero attached hydrogens (tertiary/aromatic N) is 3. The predicted octanol–water partition coefficient (Wildman–Crippen LogP) is 2.12. The number of nitrogens with two attached hydrogens (primary N) is 1. The molecule has 1 aromatic carbocycles. The van der Waals surface area contributed by atoms with Crippen LogP contribution in [0.4, 0.5) is 11.5 Å². The smallest absolute Gasteiger partial charge is 0.156 e. The molecule has 0 radical (unpaired) electrons. The van der Waals surface area contributed by atoms with E-state index in [1.165, 1.54) is 6.33 Å². The molecule has 2 aromatic heterocycles. The van der Waals surface area contributed by atoms with Crippen LogP contribution in [0, 0.1) is 6.92 Å². The summed E-state index contributed by atoms with van der Waals surface area (Å²) in [5.41, 5.74) is 8.09. The van der Waals surface area contributed by atoms with E-state index in [4.69, 9.17) is 10.3 Å². The molecule has 0 spiro atoms. The van der Waals surface area contributed by atoms with Gasteiger partial charge in [0.25, 0.3) is 0 Å². The van der Waals surface area contributed by atoms with E-state index in [1.54, 1.807) is 0 Å². The Morgan fingerprint density at radius 1 is 1.26 bits per heavy atom. The van der Waals surface area contributed by atoms with E-state index < -0.39 is 0 Å². The van der Waals surface area contributed by atoms with Crippen LogP contribution in [0.3, 0.4) is 0 Å². The van der Waals surface area contributed by atoms with E-state index in [9.17, 15) is 0 Å². The van der Waals surface area contributed by atoms with Crippen molar-refractivity contribution in [2.75, 3.05) is 11.1 Å². The van der Waals surface area contributed by atoms with Crippen molar-refractivity contribution in [2.24, 2.45) is 0 Å². The molecule has 0 bridgehead atoms. The largest absolute Gasteiger partial charge is 0.399 e. The summed E-state index contributed by atoms with van der Waals surface area (Å²) >= 11 is 0. The number of aryl methyl sites for hydroxylation is 1. The van der Waals surface area contributed by atoms with Crippen molar-refractivity contribution in [3.05, 3.63) is 42.0 Å². The van der Waals surface area contributed by atoms with Crippen molar-refractivity contribution in [1.29, 1.82) is 0 Å². The van der Waals surface area contributed by atoms with Gasteiger partial charge in [-0.2, -0.15) is 0 Å². The van der Waals surface area contributed by atoms with Crippen LogP contribution in [0.15, 0.2) is 35.1 Å². The van der Waals surface area contributed by atoms with Gasteiger partial charge < -0.3 is 15.6 Å². The zero-order chi connectivity index (χ0) is 13.2. The van der Waals surface area contributed by atoms with Crippen LogP contribution in [-0.4, -0.2) is 15.1 Å². The summed E-state index contributed by atoms with van der Waals surface area (Å²) in [4.78, 5) is 8.43. The summed E-state index contributed by atoms with van der Waals surface area (Å²) < 4.78 is 5.14. The Bertz CT molecular complexity index is 722. The van der Waals surface area contributed by atoms with Crippen molar-refractivity contribution >= 4 is 22.4 Å². The third kappa shape index (κ3) is 2.33. The SMILES string of the molecule is Cc1cc(CNc2ncnc3cc(N)ccc23)on1. The number of anilines is 2. The number of aromatic nitrogens is 3. The first-order valence-electron chi connectivity index (χ1n) is 5.89. The van der Waals surface area contributed by atoms with Crippen LogP contribution in [0.1, 0.15) is 11.5 Å². The Labute approximate surface area is 109 Å². The molecular formula is C13H13N5O. The van der Waals surface area contributed by atoms with Crippen molar-refractivity contribution in [3.8, 4) is 0 Å². The molecule has 6 heteroatoms. The summed E-state index contributed by atoms with van der Waals surface area (Å²) in [6, 6.07) is 7.43. The molecule has 0 fully saturated rings. The second-order valence-electron chi connectivity index (χ2n) is 4.29. The molecule has 0 saturated carbocycles. The van der Waals surface area contributed by atoms with Crippen LogP contribution in [0.5, 0.6) is 0 Å². The molecule has 0 atom stereocenters. The Kier molecular flexibility index (Phi) is 2.75. The Hall–Kier alpha value is -2.63. The highest BCUT2D eigenvalue weighted by molar-refractivity contribution is 5.90. The monoisotopic (exact) mass is 255 g/mol. The molecule has 0 amide bonds. The van der Waals surface area contributed by atoms with E-state index in [1.807, 2.05) is 31.2 Å². The van der Waals surface area contributed by atoms with E-state index in [-0.39, 0.29) is 0 Å². The molecule has 0 aliphatic rings. The highest BCUT2D eigenvalue weighted by Gasteiger charge is 2.05. The highest BCUT2D eigenvalue weighted by atomic mass is 16.5. The number of hydrogen-bond donors (Lipinski definition) is 2. The minimum atomic E-state index is 0.525. The Morgan fingerprint density at radius 3 is 2.95 bits per heavy atom.